The summed E-state index contributed by atoms with van der Waals surface area (Å²) in [6, 6.07) is 15.0. The van der Waals surface area contributed by atoms with Gasteiger partial charge in [-0.1, -0.05) is 24.3 Å². The Hall–Kier alpha value is -4.40. The fourth-order valence-electron chi connectivity index (χ4n) is 5.52. The van der Waals surface area contributed by atoms with Crippen molar-refractivity contribution in [1.82, 2.24) is 4.90 Å². The van der Waals surface area contributed by atoms with Crippen molar-refractivity contribution in [2.75, 3.05) is 25.1 Å². The predicted octanol–water partition coefficient (Wildman–Crippen LogP) is 5.18. The number of nitrogens with zero attached hydrogens (tertiary/aromatic N) is 2. The molecule has 38 heavy (non-hydrogen) atoms. The van der Waals surface area contributed by atoms with Gasteiger partial charge in [0.25, 0.3) is 11.6 Å². The molecule has 5 rings (SSSR count). The Morgan fingerprint density at radius 2 is 1.76 bits per heavy atom. The Bertz CT molecular complexity index is 1440. The van der Waals surface area contributed by atoms with Gasteiger partial charge in [-0.15, -0.1) is 0 Å². The molecule has 0 aliphatic carbocycles. The first-order chi connectivity index (χ1) is 18.3. The van der Waals surface area contributed by atoms with E-state index in [-0.39, 0.29) is 17.5 Å². The second-order valence-electron chi connectivity index (χ2n) is 9.32. The van der Waals surface area contributed by atoms with E-state index in [0.717, 1.165) is 11.1 Å². The molecular weight excluding hydrogens is 486 g/mol. The smallest absolute Gasteiger partial charge is 0.274 e. The summed E-state index contributed by atoms with van der Waals surface area (Å²) in [5.41, 5.74) is 3.60. The highest BCUT2D eigenvalue weighted by Crippen LogP contribution is 2.48. The van der Waals surface area contributed by atoms with Gasteiger partial charge in [0, 0.05) is 18.2 Å². The van der Waals surface area contributed by atoms with E-state index in [1.165, 1.54) is 6.07 Å². The first kappa shape index (κ1) is 25.3. The Morgan fingerprint density at radius 1 is 1.05 bits per heavy atom. The number of benzene rings is 3. The van der Waals surface area contributed by atoms with Crippen LogP contribution in [0.4, 0.5) is 11.4 Å². The van der Waals surface area contributed by atoms with Crippen molar-refractivity contribution in [3.05, 3.63) is 92.5 Å². The number of nitro groups is 1. The number of carbonyl (C=O) groups is 2. The molecule has 0 unspecified atom stereocenters. The minimum atomic E-state index is -0.742. The molecule has 2 atom stereocenters. The Morgan fingerprint density at radius 3 is 2.47 bits per heavy atom. The molecule has 9 heteroatoms. The van der Waals surface area contributed by atoms with E-state index >= 15 is 0 Å². The second-order valence-corrected chi connectivity index (χ2v) is 9.32. The number of ether oxygens (including phenoxy) is 2. The van der Waals surface area contributed by atoms with E-state index in [9.17, 15) is 19.7 Å². The van der Waals surface area contributed by atoms with Crippen LogP contribution < -0.4 is 14.8 Å². The van der Waals surface area contributed by atoms with Crippen LogP contribution in [0.1, 0.15) is 58.4 Å². The average molecular weight is 516 g/mol. The third-order valence-corrected chi connectivity index (χ3v) is 7.23. The molecule has 9 nitrogen and oxygen atoms in total. The lowest BCUT2D eigenvalue weighted by Gasteiger charge is -2.45. The number of amides is 2. The zero-order chi connectivity index (χ0) is 27.0. The highest BCUT2D eigenvalue weighted by molar-refractivity contribution is 6.05. The summed E-state index contributed by atoms with van der Waals surface area (Å²) in [5.74, 6) is -0.0109. The van der Waals surface area contributed by atoms with Crippen LogP contribution in [0.5, 0.6) is 11.5 Å². The van der Waals surface area contributed by atoms with Gasteiger partial charge >= 0.3 is 0 Å². The quantitative estimate of drug-likeness (QED) is 0.343. The van der Waals surface area contributed by atoms with E-state index in [0.29, 0.717) is 60.1 Å². The van der Waals surface area contributed by atoms with Crippen LogP contribution in [0.15, 0.2) is 54.6 Å². The molecular formula is C29H29N3O6. The Kier molecular flexibility index (Phi) is 6.75. The molecule has 2 amide bonds. The zero-order valence-electron chi connectivity index (χ0n) is 21.5. The van der Waals surface area contributed by atoms with Crippen molar-refractivity contribution in [3.8, 4) is 11.5 Å². The molecule has 3 aromatic carbocycles. The van der Waals surface area contributed by atoms with Crippen molar-refractivity contribution < 1.29 is 24.0 Å². The summed E-state index contributed by atoms with van der Waals surface area (Å²) in [4.78, 5) is 40.4. The number of hydrogen-bond acceptors (Lipinski definition) is 6. The van der Waals surface area contributed by atoms with Gasteiger partial charge in [0.15, 0.2) is 11.5 Å². The monoisotopic (exact) mass is 515 g/mol. The zero-order valence-corrected chi connectivity index (χ0v) is 21.5. The predicted molar refractivity (Wildman–Crippen MR) is 142 cm³/mol. The van der Waals surface area contributed by atoms with E-state index in [1.807, 2.05) is 32.0 Å². The van der Waals surface area contributed by atoms with Gasteiger partial charge in [0.05, 0.1) is 41.3 Å². The normalized spacial score (nSPS) is 17.7. The van der Waals surface area contributed by atoms with E-state index in [2.05, 4.69) is 5.32 Å². The van der Waals surface area contributed by atoms with Crippen LogP contribution in [-0.4, -0.2) is 41.4 Å². The van der Waals surface area contributed by atoms with Gasteiger partial charge < -0.3 is 19.7 Å². The molecule has 2 aliphatic heterocycles. The minimum Gasteiger partial charge on any atom is -0.490 e. The molecule has 3 aromatic rings. The van der Waals surface area contributed by atoms with Crippen molar-refractivity contribution in [2.24, 2.45) is 0 Å². The number of anilines is 1. The maximum atomic E-state index is 14.0. The van der Waals surface area contributed by atoms with Crippen LogP contribution in [0.25, 0.3) is 0 Å². The molecule has 0 aromatic heterocycles. The SMILES string of the molecule is CCOc1cc2c(cc1OCC)[C@H]1[C@H](C(=O)Nc3cccc([N+](=O)[O-])c3C)c3ccccc3C(=O)N1CC2. The van der Waals surface area contributed by atoms with Crippen molar-refractivity contribution in [3.63, 3.8) is 0 Å². The Balaban J connectivity index is 1.64. The summed E-state index contributed by atoms with van der Waals surface area (Å²) < 4.78 is 11.7. The van der Waals surface area contributed by atoms with Gasteiger partial charge in [-0.3, -0.25) is 19.7 Å². The highest BCUT2D eigenvalue weighted by atomic mass is 16.6. The van der Waals surface area contributed by atoms with Crippen LogP contribution >= 0.6 is 0 Å². The second kappa shape index (κ2) is 10.2. The van der Waals surface area contributed by atoms with Crippen LogP contribution in [0.2, 0.25) is 0 Å². The van der Waals surface area contributed by atoms with E-state index in [4.69, 9.17) is 9.47 Å². The van der Waals surface area contributed by atoms with E-state index in [1.54, 1.807) is 42.2 Å². The first-order valence-corrected chi connectivity index (χ1v) is 12.7. The van der Waals surface area contributed by atoms with Crippen molar-refractivity contribution in [1.29, 1.82) is 0 Å². The summed E-state index contributed by atoms with van der Waals surface area (Å²) in [5, 5.41) is 14.4. The van der Waals surface area contributed by atoms with Gasteiger partial charge in [-0.05, 0) is 68.1 Å². The third-order valence-electron chi connectivity index (χ3n) is 7.23. The molecule has 0 saturated carbocycles. The maximum absolute atomic E-state index is 14.0. The largest absolute Gasteiger partial charge is 0.490 e. The van der Waals surface area contributed by atoms with Crippen LogP contribution in [0.3, 0.4) is 0 Å². The maximum Gasteiger partial charge on any atom is 0.274 e. The Labute approximate surface area is 220 Å². The first-order valence-electron chi connectivity index (χ1n) is 12.7. The molecule has 2 heterocycles. The number of hydrogen-bond donors (Lipinski definition) is 1. The van der Waals surface area contributed by atoms with Crippen molar-refractivity contribution in [2.45, 2.75) is 39.2 Å². The van der Waals surface area contributed by atoms with Crippen LogP contribution in [-0.2, 0) is 11.2 Å². The lowest BCUT2D eigenvalue weighted by Crippen LogP contribution is -2.49. The minimum absolute atomic E-state index is 0.0727. The van der Waals surface area contributed by atoms with Gasteiger partial charge in [-0.2, -0.15) is 0 Å². The number of fused-ring (bicyclic) bond motifs is 4. The third kappa shape index (κ3) is 4.23. The lowest BCUT2D eigenvalue weighted by atomic mass is 9.75. The van der Waals surface area contributed by atoms with Gasteiger partial charge in [-0.25, -0.2) is 0 Å². The topological polar surface area (TPSA) is 111 Å². The van der Waals surface area contributed by atoms with Crippen LogP contribution in [0, 0.1) is 17.0 Å². The fourth-order valence-corrected chi connectivity index (χ4v) is 5.52. The summed E-state index contributed by atoms with van der Waals surface area (Å²) in [6.07, 6.45) is 0.616. The number of carbonyl (C=O) groups excluding carboxylic acids is 2. The molecule has 0 fully saturated rings. The molecule has 0 bridgehead atoms. The molecule has 0 saturated heterocycles. The average Bonchev–Trinajstić information content (AvgIpc) is 2.90. The van der Waals surface area contributed by atoms with Crippen molar-refractivity contribution >= 4 is 23.2 Å². The molecule has 2 aliphatic rings. The van der Waals surface area contributed by atoms with Gasteiger partial charge in [0.2, 0.25) is 5.91 Å². The molecule has 196 valence electrons. The number of rotatable bonds is 7. The summed E-state index contributed by atoms with van der Waals surface area (Å²) in [6.45, 7) is 6.77. The summed E-state index contributed by atoms with van der Waals surface area (Å²) >= 11 is 0. The lowest BCUT2D eigenvalue weighted by molar-refractivity contribution is -0.385. The van der Waals surface area contributed by atoms with E-state index < -0.39 is 16.9 Å². The fraction of sp³-hybridized carbons (Fsp3) is 0.310. The highest BCUT2D eigenvalue weighted by Gasteiger charge is 2.46. The number of nitro benzene ring substituents is 1. The summed E-state index contributed by atoms with van der Waals surface area (Å²) in [7, 11) is 0. The molecule has 0 spiro atoms. The van der Waals surface area contributed by atoms with Gasteiger partial charge in [0.1, 0.15) is 0 Å². The number of nitrogens with one attached hydrogen (secondary N) is 1. The molecule has 0 radical (unpaired) electrons. The molecule has 1 N–H and O–H groups in total. The standard InChI is InChI=1S/C29H29N3O6/c1-4-37-24-15-18-13-14-31-27(21(18)16-25(24)38-5-2)26(19-9-6-7-10-20(19)29(31)34)28(33)30-22-11-8-12-23(17(22)3)32(35)36/h6-12,15-16,26-27H,4-5,13-14H2,1-3H3,(H,30,33)/t26-,27+/m1/s1.